The van der Waals surface area contributed by atoms with E-state index in [4.69, 9.17) is 0 Å². The van der Waals surface area contributed by atoms with E-state index in [0.717, 1.165) is 16.7 Å². The lowest BCUT2D eigenvalue weighted by molar-refractivity contribution is 0.582. The summed E-state index contributed by atoms with van der Waals surface area (Å²) in [6, 6.07) is 7.41. The Morgan fingerprint density at radius 1 is 1.12 bits per heavy atom. The van der Waals surface area contributed by atoms with Gasteiger partial charge in [-0.25, -0.2) is 9.37 Å². The summed E-state index contributed by atoms with van der Waals surface area (Å²) in [6.07, 6.45) is 1.46. The van der Waals surface area contributed by atoms with Crippen LogP contribution in [0.3, 0.4) is 0 Å². The molecule has 1 aromatic heterocycles. The van der Waals surface area contributed by atoms with Crippen molar-refractivity contribution in [2.24, 2.45) is 0 Å². The maximum absolute atomic E-state index is 12.9. The lowest BCUT2D eigenvalue weighted by atomic mass is 10.0. The molecule has 0 bridgehead atoms. The van der Waals surface area contributed by atoms with Gasteiger partial charge in [0.25, 0.3) is 0 Å². The van der Waals surface area contributed by atoms with Crippen molar-refractivity contribution in [2.75, 3.05) is 0 Å². The van der Waals surface area contributed by atoms with Crippen molar-refractivity contribution < 1.29 is 8.78 Å². The minimum absolute atomic E-state index is 0.292. The van der Waals surface area contributed by atoms with Crippen molar-refractivity contribution in [2.45, 2.75) is 5.33 Å². The standard InChI is InChI=1S/C12H8BrF2N/c13-6-9-5-12(15)16-7-11(9)8-1-3-10(14)4-2-8/h1-5,7H,6H2. The van der Waals surface area contributed by atoms with Gasteiger partial charge in [-0.05, 0) is 29.3 Å². The number of rotatable bonds is 2. The third-order valence-corrected chi connectivity index (χ3v) is 2.86. The van der Waals surface area contributed by atoms with Gasteiger partial charge in [-0.2, -0.15) is 4.39 Å². The zero-order chi connectivity index (χ0) is 11.5. The van der Waals surface area contributed by atoms with E-state index >= 15 is 0 Å². The second-order valence-electron chi connectivity index (χ2n) is 3.30. The summed E-state index contributed by atoms with van der Waals surface area (Å²) in [5, 5.41) is 0.527. The molecule has 0 aliphatic heterocycles. The quantitative estimate of drug-likeness (QED) is 0.601. The Kier molecular flexibility index (Phi) is 3.29. The first kappa shape index (κ1) is 11.2. The SMILES string of the molecule is Fc1ccc(-c2cnc(F)cc2CBr)cc1. The highest BCUT2D eigenvalue weighted by Crippen LogP contribution is 2.25. The summed E-state index contributed by atoms with van der Waals surface area (Å²) in [6.45, 7) is 0. The smallest absolute Gasteiger partial charge is 0.213 e. The van der Waals surface area contributed by atoms with E-state index < -0.39 is 5.95 Å². The molecule has 1 nitrogen and oxygen atoms in total. The Labute approximate surface area is 100 Å². The topological polar surface area (TPSA) is 12.9 Å². The van der Waals surface area contributed by atoms with E-state index in [1.807, 2.05) is 0 Å². The molecular weight excluding hydrogens is 276 g/mol. The van der Waals surface area contributed by atoms with Crippen molar-refractivity contribution in [3.05, 3.63) is 53.9 Å². The van der Waals surface area contributed by atoms with Gasteiger partial charge in [-0.15, -0.1) is 0 Å². The molecule has 0 atom stereocenters. The summed E-state index contributed by atoms with van der Waals surface area (Å²) in [4.78, 5) is 3.61. The van der Waals surface area contributed by atoms with Crippen LogP contribution >= 0.6 is 15.9 Å². The molecule has 0 N–H and O–H groups in total. The number of halogens is 3. The average molecular weight is 284 g/mol. The van der Waals surface area contributed by atoms with Crippen LogP contribution < -0.4 is 0 Å². The lowest BCUT2D eigenvalue weighted by Gasteiger charge is -2.06. The molecule has 0 aliphatic rings. The first-order valence-electron chi connectivity index (χ1n) is 4.67. The molecule has 0 radical (unpaired) electrons. The average Bonchev–Trinajstić information content (AvgIpc) is 2.30. The summed E-state index contributed by atoms with van der Waals surface area (Å²) >= 11 is 3.29. The first-order valence-corrected chi connectivity index (χ1v) is 5.79. The molecule has 2 aromatic rings. The van der Waals surface area contributed by atoms with Crippen LogP contribution in [-0.4, -0.2) is 4.98 Å². The lowest BCUT2D eigenvalue weighted by Crippen LogP contribution is -1.91. The van der Waals surface area contributed by atoms with E-state index in [2.05, 4.69) is 20.9 Å². The number of pyridine rings is 1. The predicted molar refractivity (Wildman–Crippen MR) is 62.2 cm³/mol. The molecule has 0 amide bonds. The number of benzene rings is 1. The Morgan fingerprint density at radius 2 is 1.81 bits per heavy atom. The molecule has 16 heavy (non-hydrogen) atoms. The van der Waals surface area contributed by atoms with Crippen molar-refractivity contribution in [3.8, 4) is 11.1 Å². The molecule has 2 rings (SSSR count). The summed E-state index contributed by atoms with van der Waals surface area (Å²) < 4.78 is 25.7. The molecule has 0 unspecified atom stereocenters. The van der Waals surface area contributed by atoms with Crippen LogP contribution in [0.1, 0.15) is 5.56 Å². The number of nitrogens with zero attached hydrogens (tertiary/aromatic N) is 1. The predicted octanol–water partition coefficient (Wildman–Crippen LogP) is 3.92. The van der Waals surface area contributed by atoms with Gasteiger partial charge in [0.2, 0.25) is 5.95 Å². The molecule has 0 saturated carbocycles. The number of aromatic nitrogens is 1. The van der Waals surface area contributed by atoms with Crippen molar-refractivity contribution in [3.63, 3.8) is 0 Å². The molecule has 0 saturated heterocycles. The van der Waals surface area contributed by atoms with Crippen molar-refractivity contribution in [1.82, 2.24) is 4.98 Å². The molecular formula is C12H8BrF2N. The fraction of sp³-hybridized carbons (Fsp3) is 0.0833. The fourth-order valence-electron chi connectivity index (χ4n) is 1.47. The van der Waals surface area contributed by atoms with Crippen LogP contribution in [-0.2, 0) is 5.33 Å². The van der Waals surface area contributed by atoms with Gasteiger partial charge in [0, 0.05) is 17.1 Å². The van der Waals surface area contributed by atoms with Gasteiger partial charge in [-0.3, -0.25) is 0 Å². The van der Waals surface area contributed by atoms with Gasteiger partial charge >= 0.3 is 0 Å². The van der Waals surface area contributed by atoms with E-state index in [1.54, 1.807) is 12.1 Å². The second kappa shape index (κ2) is 4.70. The molecule has 1 aromatic carbocycles. The van der Waals surface area contributed by atoms with Gasteiger partial charge in [0.1, 0.15) is 5.82 Å². The third kappa shape index (κ3) is 2.27. The van der Waals surface area contributed by atoms with Gasteiger partial charge in [0.05, 0.1) is 0 Å². The number of hydrogen-bond acceptors (Lipinski definition) is 1. The van der Waals surface area contributed by atoms with Crippen LogP contribution in [0.25, 0.3) is 11.1 Å². The summed E-state index contributed by atoms with van der Waals surface area (Å²) in [5.74, 6) is -0.806. The van der Waals surface area contributed by atoms with Crippen LogP contribution in [0.2, 0.25) is 0 Å². The second-order valence-corrected chi connectivity index (χ2v) is 3.87. The zero-order valence-corrected chi connectivity index (χ0v) is 9.84. The van der Waals surface area contributed by atoms with E-state index in [9.17, 15) is 8.78 Å². The van der Waals surface area contributed by atoms with Gasteiger partial charge in [0.15, 0.2) is 0 Å². The number of hydrogen-bond donors (Lipinski definition) is 0. The van der Waals surface area contributed by atoms with E-state index in [0.29, 0.717) is 5.33 Å². The third-order valence-electron chi connectivity index (χ3n) is 2.26. The molecule has 0 spiro atoms. The Morgan fingerprint density at radius 3 is 2.44 bits per heavy atom. The Hall–Kier alpha value is -1.29. The summed E-state index contributed by atoms with van der Waals surface area (Å²) in [7, 11) is 0. The fourth-order valence-corrected chi connectivity index (χ4v) is 1.93. The molecule has 4 heteroatoms. The van der Waals surface area contributed by atoms with Gasteiger partial charge in [-0.1, -0.05) is 28.1 Å². The number of alkyl halides is 1. The Balaban J connectivity index is 2.51. The minimum Gasteiger partial charge on any atom is -0.228 e. The minimum atomic E-state index is -0.514. The van der Waals surface area contributed by atoms with Crippen molar-refractivity contribution in [1.29, 1.82) is 0 Å². The van der Waals surface area contributed by atoms with Crippen LogP contribution in [0.5, 0.6) is 0 Å². The largest absolute Gasteiger partial charge is 0.228 e. The molecule has 1 heterocycles. The van der Waals surface area contributed by atoms with Crippen LogP contribution in [0.15, 0.2) is 36.5 Å². The molecule has 0 aliphatic carbocycles. The first-order chi connectivity index (χ1) is 7.70. The van der Waals surface area contributed by atoms with Crippen LogP contribution in [0, 0.1) is 11.8 Å². The monoisotopic (exact) mass is 283 g/mol. The van der Waals surface area contributed by atoms with E-state index in [-0.39, 0.29) is 5.82 Å². The van der Waals surface area contributed by atoms with Crippen molar-refractivity contribution >= 4 is 15.9 Å². The summed E-state index contributed by atoms with van der Waals surface area (Å²) in [5.41, 5.74) is 2.42. The normalized spacial score (nSPS) is 10.4. The van der Waals surface area contributed by atoms with Gasteiger partial charge < -0.3 is 0 Å². The maximum atomic E-state index is 12.9. The molecule has 0 fully saturated rings. The molecule has 82 valence electrons. The maximum Gasteiger partial charge on any atom is 0.213 e. The van der Waals surface area contributed by atoms with E-state index in [1.165, 1.54) is 24.4 Å². The highest BCUT2D eigenvalue weighted by atomic mass is 79.9. The highest BCUT2D eigenvalue weighted by Gasteiger charge is 2.06. The van der Waals surface area contributed by atoms with Crippen LogP contribution in [0.4, 0.5) is 8.78 Å². The Bertz CT molecular complexity index is 497. The zero-order valence-electron chi connectivity index (χ0n) is 8.25. The highest BCUT2D eigenvalue weighted by molar-refractivity contribution is 9.08.